The largest absolute Gasteiger partial charge is 0.491 e. The van der Waals surface area contributed by atoms with Crippen LogP contribution in [0.15, 0.2) is 42.9 Å². The minimum atomic E-state index is -1.36. The third kappa shape index (κ3) is 12.3. The van der Waals surface area contributed by atoms with Gasteiger partial charge in [0.25, 0.3) is 5.91 Å². The number of carbonyl (C=O) groups is 5. The summed E-state index contributed by atoms with van der Waals surface area (Å²) >= 11 is 6.05. The van der Waals surface area contributed by atoms with Gasteiger partial charge in [0.1, 0.15) is 18.5 Å². The third-order valence-electron chi connectivity index (χ3n) is 7.56. The van der Waals surface area contributed by atoms with Crippen molar-refractivity contribution in [1.82, 2.24) is 25.6 Å². The molecule has 4 rings (SSSR count). The fourth-order valence-electron chi connectivity index (χ4n) is 5.28. The molecule has 1 saturated heterocycles. The highest BCUT2D eigenvalue weighted by molar-refractivity contribution is 6.30. The summed E-state index contributed by atoms with van der Waals surface area (Å²) in [7, 11) is 1.41. The van der Waals surface area contributed by atoms with Gasteiger partial charge in [0.2, 0.25) is 0 Å². The molecule has 296 valence electrons. The molecule has 1 aliphatic rings. The van der Waals surface area contributed by atoms with Crippen LogP contribution < -0.4 is 20.7 Å². The number of methoxy groups -OCH3 is 1. The number of nitrogens with zero attached hydrogens (tertiary/aromatic N) is 3. The molecule has 3 N–H and O–H groups in total. The standard InChI is InChI=1S/C35H40ClFN6O12/c1-18(44)51-17-28-29(52-19(2)45)30(53-20(3)46)31(54-21(4)47)35(55-28)50-13-12-38-10-11-40-34(48)24-15-39-9-8-26(24)42-33-27(49-5)16-41-32(43-33)23-14-22(36)6-7-25(23)37/h6-9,14-16,28-31,35,38H,10-13,17H2,1-5H3,(H,40,48)(H,39,41,42,43)/t28-,29+,30+,31-,35?/m1/s1. The van der Waals surface area contributed by atoms with Crippen molar-refractivity contribution in [2.24, 2.45) is 0 Å². The van der Waals surface area contributed by atoms with E-state index in [1.165, 1.54) is 50.8 Å². The number of nitrogens with one attached hydrogen (secondary N) is 3. The van der Waals surface area contributed by atoms with E-state index in [0.717, 1.165) is 20.8 Å². The zero-order valence-electron chi connectivity index (χ0n) is 30.5. The van der Waals surface area contributed by atoms with Crippen LogP contribution in [0, 0.1) is 5.82 Å². The van der Waals surface area contributed by atoms with Crippen LogP contribution >= 0.6 is 11.6 Å². The Balaban J connectivity index is 1.35. The molecule has 1 amide bonds. The number of aromatic nitrogens is 3. The number of hydrogen-bond acceptors (Lipinski definition) is 17. The van der Waals surface area contributed by atoms with Gasteiger partial charge in [0, 0.05) is 64.7 Å². The lowest BCUT2D eigenvalue weighted by atomic mass is 9.98. The normalized spacial score (nSPS) is 19.1. The van der Waals surface area contributed by atoms with E-state index >= 15 is 0 Å². The number of halogens is 2. The summed E-state index contributed by atoms with van der Waals surface area (Å²) in [5.74, 6) is -3.55. The van der Waals surface area contributed by atoms with Crippen LogP contribution in [0.3, 0.4) is 0 Å². The van der Waals surface area contributed by atoms with Gasteiger partial charge >= 0.3 is 23.9 Å². The first-order valence-electron chi connectivity index (χ1n) is 16.8. The van der Waals surface area contributed by atoms with E-state index in [1.807, 2.05) is 0 Å². The molecule has 0 bridgehead atoms. The van der Waals surface area contributed by atoms with Crippen LogP contribution in [0.25, 0.3) is 11.4 Å². The Hall–Kier alpha value is -5.50. The topological polar surface area (TPSA) is 225 Å². The Morgan fingerprint density at radius 2 is 1.60 bits per heavy atom. The average molecular weight is 791 g/mol. The molecule has 2 aromatic heterocycles. The number of amides is 1. The van der Waals surface area contributed by atoms with Crippen LogP contribution in [-0.2, 0) is 47.6 Å². The number of esters is 4. The number of rotatable bonds is 17. The lowest BCUT2D eigenvalue weighted by Gasteiger charge is -2.44. The van der Waals surface area contributed by atoms with Crippen LogP contribution in [-0.4, -0.2) is 115 Å². The second-order valence-corrected chi connectivity index (χ2v) is 12.2. The van der Waals surface area contributed by atoms with Crippen molar-refractivity contribution in [3.05, 3.63) is 59.3 Å². The Bertz CT molecular complexity index is 1860. The number of carbonyl (C=O) groups excluding carboxylic acids is 5. The number of anilines is 2. The van der Waals surface area contributed by atoms with Crippen molar-refractivity contribution in [1.29, 1.82) is 0 Å². The summed E-state index contributed by atoms with van der Waals surface area (Å²) in [6.07, 6.45) is -2.30. The van der Waals surface area contributed by atoms with Gasteiger partial charge in [-0.15, -0.1) is 0 Å². The van der Waals surface area contributed by atoms with E-state index in [2.05, 4.69) is 30.9 Å². The van der Waals surface area contributed by atoms with Gasteiger partial charge in [-0.25, -0.2) is 14.4 Å². The SMILES string of the molecule is COc1cnc(-c2cc(Cl)ccc2F)nc1Nc1ccncc1C(=O)NCCNCCOC1O[C@H](COC(C)=O)[C@H](OC(C)=O)[C@H](OC(C)=O)[C@H]1OC(C)=O. The molecule has 0 radical (unpaired) electrons. The Morgan fingerprint density at radius 1 is 0.891 bits per heavy atom. The minimum absolute atomic E-state index is 0.0276. The molecule has 0 spiro atoms. The highest BCUT2D eigenvalue weighted by Crippen LogP contribution is 2.32. The Labute approximate surface area is 319 Å². The fourth-order valence-corrected chi connectivity index (χ4v) is 5.45. The van der Waals surface area contributed by atoms with E-state index in [4.69, 9.17) is 44.8 Å². The van der Waals surface area contributed by atoms with Crippen molar-refractivity contribution < 1.29 is 61.5 Å². The molecule has 0 saturated carbocycles. The van der Waals surface area contributed by atoms with Gasteiger partial charge in [0.05, 0.1) is 36.7 Å². The molecule has 18 nitrogen and oxygen atoms in total. The van der Waals surface area contributed by atoms with Crippen molar-refractivity contribution in [3.63, 3.8) is 0 Å². The van der Waals surface area contributed by atoms with E-state index in [-0.39, 0.29) is 61.4 Å². The molecule has 1 aliphatic heterocycles. The average Bonchev–Trinajstić information content (AvgIpc) is 3.13. The fraction of sp³-hybridized carbons (Fsp3) is 0.429. The molecule has 1 aromatic carbocycles. The molecule has 20 heteroatoms. The molecule has 55 heavy (non-hydrogen) atoms. The lowest BCUT2D eigenvalue weighted by molar-refractivity contribution is -0.307. The zero-order valence-corrected chi connectivity index (χ0v) is 31.2. The predicted octanol–water partition coefficient (Wildman–Crippen LogP) is 2.50. The first kappa shape index (κ1) is 42.2. The highest BCUT2D eigenvalue weighted by atomic mass is 35.5. The van der Waals surface area contributed by atoms with Crippen LogP contribution in [0.1, 0.15) is 38.1 Å². The molecule has 1 unspecified atom stereocenters. The second-order valence-electron chi connectivity index (χ2n) is 11.7. The number of pyridine rings is 1. The maximum Gasteiger partial charge on any atom is 0.303 e. The molecule has 1 fully saturated rings. The minimum Gasteiger partial charge on any atom is -0.491 e. The van der Waals surface area contributed by atoms with Gasteiger partial charge in [-0.3, -0.25) is 29.0 Å². The number of benzene rings is 1. The summed E-state index contributed by atoms with van der Waals surface area (Å²) in [4.78, 5) is 73.3. The van der Waals surface area contributed by atoms with E-state index in [1.54, 1.807) is 6.07 Å². The van der Waals surface area contributed by atoms with Crippen molar-refractivity contribution in [2.75, 3.05) is 45.3 Å². The van der Waals surface area contributed by atoms with Gasteiger partial charge in [-0.05, 0) is 24.3 Å². The third-order valence-corrected chi connectivity index (χ3v) is 7.79. The van der Waals surface area contributed by atoms with Crippen LogP contribution in [0.2, 0.25) is 5.02 Å². The van der Waals surface area contributed by atoms with Crippen LogP contribution in [0.5, 0.6) is 5.75 Å². The summed E-state index contributed by atoms with van der Waals surface area (Å²) in [5, 5.41) is 9.20. The maximum absolute atomic E-state index is 14.6. The molecule has 5 atom stereocenters. The highest BCUT2D eigenvalue weighted by Gasteiger charge is 2.52. The first-order chi connectivity index (χ1) is 26.3. The summed E-state index contributed by atoms with van der Waals surface area (Å²) < 4.78 is 52.9. The second kappa shape index (κ2) is 20.3. The molecule has 0 aliphatic carbocycles. The van der Waals surface area contributed by atoms with Crippen molar-refractivity contribution >= 4 is 52.9 Å². The summed E-state index contributed by atoms with van der Waals surface area (Å²) in [5.41, 5.74) is 0.570. The van der Waals surface area contributed by atoms with Crippen molar-refractivity contribution in [2.45, 2.75) is 58.4 Å². The molecule has 3 heterocycles. The van der Waals surface area contributed by atoms with Crippen LogP contribution in [0.4, 0.5) is 15.9 Å². The monoisotopic (exact) mass is 790 g/mol. The van der Waals surface area contributed by atoms with Gasteiger partial charge in [-0.2, -0.15) is 0 Å². The predicted molar refractivity (Wildman–Crippen MR) is 190 cm³/mol. The summed E-state index contributed by atoms with van der Waals surface area (Å²) in [6.45, 7) is 4.79. The smallest absolute Gasteiger partial charge is 0.303 e. The Kier molecular flexibility index (Phi) is 15.6. The molecular formula is C35H40ClFN6O12. The number of ether oxygens (including phenoxy) is 7. The molecule has 3 aromatic rings. The number of hydrogen-bond donors (Lipinski definition) is 3. The Morgan fingerprint density at radius 3 is 2.29 bits per heavy atom. The van der Waals surface area contributed by atoms with Gasteiger partial charge in [-0.1, -0.05) is 11.6 Å². The van der Waals surface area contributed by atoms with E-state index in [9.17, 15) is 28.4 Å². The summed E-state index contributed by atoms with van der Waals surface area (Å²) in [6, 6.07) is 5.55. The van der Waals surface area contributed by atoms with E-state index < -0.39 is 66.3 Å². The lowest BCUT2D eigenvalue weighted by Crippen LogP contribution is -2.63. The zero-order chi connectivity index (χ0) is 40.1. The van der Waals surface area contributed by atoms with Gasteiger partial charge < -0.3 is 49.1 Å². The quantitative estimate of drug-likeness (QED) is 0.101. The van der Waals surface area contributed by atoms with E-state index in [0.29, 0.717) is 10.7 Å². The maximum atomic E-state index is 14.6. The molecular weight excluding hydrogens is 751 g/mol. The van der Waals surface area contributed by atoms with Gasteiger partial charge in [0.15, 0.2) is 42.0 Å². The van der Waals surface area contributed by atoms with Crippen molar-refractivity contribution in [3.8, 4) is 17.1 Å². The first-order valence-corrected chi connectivity index (χ1v) is 17.1.